The number of ether oxygens (including phenoxy) is 1. The molecule has 2 atom stereocenters. The van der Waals surface area contributed by atoms with E-state index >= 15 is 0 Å². The van der Waals surface area contributed by atoms with Crippen molar-refractivity contribution in [3.63, 3.8) is 0 Å². The Morgan fingerprint density at radius 3 is 3.00 bits per heavy atom. The first-order chi connectivity index (χ1) is 7.13. The number of rotatable bonds is 3. The van der Waals surface area contributed by atoms with Crippen molar-refractivity contribution in [3.05, 3.63) is 0 Å². The highest BCUT2D eigenvalue weighted by atomic mass is 16.5. The van der Waals surface area contributed by atoms with Crippen LogP contribution in [0.2, 0.25) is 0 Å². The van der Waals surface area contributed by atoms with E-state index in [2.05, 4.69) is 16.8 Å². The van der Waals surface area contributed by atoms with Crippen LogP contribution in [0.15, 0.2) is 4.99 Å². The molecule has 0 saturated carbocycles. The molecule has 0 aromatic rings. The van der Waals surface area contributed by atoms with Crippen LogP contribution in [0.5, 0.6) is 0 Å². The van der Waals surface area contributed by atoms with Gasteiger partial charge < -0.3 is 15.4 Å². The normalized spacial score (nSPS) is 25.4. The summed E-state index contributed by atoms with van der Waals surface area (Å²) < 4.78 is 5.13. The molecule has 0 radical (unpaired) electrons. The Labute approximate surface area is 92.5 Å². The van der Waals surface area contributed by atoms with E-state index in [-0.39, 0.29) is 6.10 Å². The quantitative estimate of drug-likeness (QED) is 0.563. The van der Waals surface area contributed by atoms with Gasteiger partial charge in [0.2, 0.25) is 0 Å². The van der Waals surface area contributed by atoms with E-state index in [0.29, 0.717) is 12.5 Å². The third-order valence-electron chi connectivity index (χ3n) is 2.89. The fraction of sp³-hybridized carbons (Fsp3) is 0.909. The number of nitrogens with zero attached hydrogens (tertiary/aromatic N) is 2. The first kappa shape index (κ1) is 12.3. The zero-order chi connectivity index (χ0) is 11.3. The van der Waals surface area contributed by atoms with Gasteiger partial charge in [-0.2, -0.15) is 0 Å². The van der Waals surface area contributed by atoms with Gasteiger partial charge in [0, 0.05) is 20.2 Å². The molecular weight excluding hydrogens is 190 g/mol. The zero-order valence-corrected chi connectivity index (χ0v) is 10.1. The van der Waals surface area contributed by atoms with Crippen LogP contribution >= 0.6 is 0 Å². The highest BCUT2D eigenvalue weighted by molar-refractivity contribution is 5.78. The van der Waals surface area contributed by atoms with Gasteiger partial charge in [-0.15, -0.1) is 0 Å². The molecule has 1 fully saturated rings. The number of likely N-dealkylation sites (tertiary alicyclic amines) is 1. The van der Waals surface area contributed by atoms with Crippen LogP contribution in [0.3, 0.4) is 0 Å². The van der Waals surface area contributed by atoms with Crippen molar-refractivity contribution in [3.8, 4) is 0 Å². The molecule has 0 aromatic carbocycles. The highest BCUT2D eigenvalue weighted by Crippen LogP contribution is 2.14. The van der Waals surface area contributed by atoms with Crippen LogP contribution in [0.4, 0.5) is 0 Å². The maximum absolute atomic E-state index is 5.93. The molecule has 1 aliphatic rings. The summed E-state index contributed by atoms with van der Waals surface area (Å²) in [6, 6.07) is 0. The molecule has 4 heteroatoms. The van der Waals surface area contributed by atoms with Crippen molar-refractivity contribution in [2.45, 2.75) is 32.8 Å². The molecule has 0 spiro atoms. The summed E-state index contributed by atoms with van der Waals surface area (Å²) in [5.41, 5.74) is 5.93. The van der Waals surface area contributed by atoms with E-state index in [0.717, 1.165) is 19.0 Å². The number of aliphatic imine (C=N–C) groups is 1. The second-order valence-corrected chi connectivity index (χ2v) is 4.44. The molecule has 0 unspecified atom stereocenters. The topological polar surface area (TPSA) is 50.9 Å². The molecule has 0 bridgehead atoms. The zero-order valence-electron chi connectivity index (χ0n) is 10.1. The van der Waals surface area contributed by atoms with Crippen molar-refractivity contribution < 1.29 is 4.74 Å². The predicted molar refractivity (Wildman–Crippen MR) is 62.9 cm³/mol. The lowest BCUT2D eigenvalue weighted by Gasteiger charge is -2.31. The first-order valence-electron chi connectivity index (χ1n) is 5.71. The second-order valence-electron chi connectivity index (χ2n) is 4.44. The molecular formula is C11H23N3O. The van der Waals surface area contributed by atoms with Gasteiger partial charge in [0.05, 0.1) is 12.6 Å². The average Bonchev–Trinajstić information content (AvgIpc) is 2.25. The summed E-state index contributed by atoms with van der Waals surface area (Å²) >= 11 is 0. The number of hydrogen-bond acceptors (Lipinski definition) is 2. The van der Waals surface area contributed by atoms with E-state index < -0.39 is 0 Å². The lowest BCUT2D eigenvalue weighted by molar-refractivity contribution is 0.125. The molecule has 1 rings (SSSR count). The van der Waals surface area contributed by atoms with Crippen molar-refractivity contribution >= 4 is 5.96 Å². The second kappa shape index (κ2) is 5.95. The predicted octanol–water partition coefficient (Wildman–Crippen LogP) is 1.07. The van der Waals surface area contributed by atoms with Crippen molar-refractivity contribution in [1.29, 1.82) is 0 Å². The van der Waals surface area contributed by atoms with Crippen molar-refractivity contribution in [2.24, 2.45) is 16.6 Å². The molecule has 15 heavy (non-hydrogen) atoms. The molecule has 1 heterocycles. The van der Waals surface area contributed by atoms with Crippen LogP contribution in [-0.4, -0.2) is 43.7 Å². The van der Waals surface area contributed by atoms with Gasteiger partial charge in [0.15, 0.2) is 5.96 Å². The fourth-order valence-electron chi connectivity index (χ4n) is 1.79. The molecule has 2 N–H and O–H groups in total. The van der Waals surface area contributed by atoms with Crippen LogP contribution in [0.25, 0.3) is 0 Å². The summed E-state index contributed by atoms with van der Waals surface area (Å²) in [4.78, 5) is 6.53. The van der Waals surface area contributed by atoms with Crippen LogP contribution in [0, 0.1) is 5.92 Å². The number of guanidine groups is 1. The maximum Gasteiger partial charge on any atom is 0.191 e. The Morgan fingerprint density at radius 1 is 1.67 bits per heavy atom. The molecule has 4 nitrogen and oxygen atoms in total. The van der Waals surface area contributed by atoms with E-state index in [1.54, 1.807) is 7.11 Å². The van der Waals surface area contributed by atoms with Gasteiger partial charge >= 0.3 is 0 Å². The van der Waals surface area contributed by atoms with Crippen LogP contribution < -0.4 is 5.73 Å². The summed E-state index contributed by atoms with van der Waals surface area (Å²) in [5, 5.41) is 0. The van der Waals surface area contributed by atoms with Gasteiger partial charge in [-0.05, 0) is 25.7 Å². The van der Waals surface area contributed by atoms with Gasteiger partial charge in [-0.1, -0.05) is 6.92 Å². The number of nitrogens with two attached hydrogens (primary N) is 1. The van der Waals surface area contributed by atoms with E-state index in [1.807, 2.05) is 6.92 Å². The lowest BCUT2D eigenvalue weighted by atomic mass is 10.0. The summed E-state index contributed by atoms with van der Waals surface area (Å²) in [6.07, 6.45) is 2.67. The number of piperidine rings is 1. The molecule has 1 saturated heterocycles. The summed E-state index contributed by atoms with van der Waals surface area (Å²) in [7, 11) is 1.69. The standard InChI is InChI=1S/C11H23N3O/c1-9-5-4-6-14(8-9)11(12)13-7-10(2)15-3/h9-10H,4-8H2,1-3H3,(H2,12,13)/t9-,10+/m0/s1. The lowest BCUT2D eigenvalue weighted by Crippen LogP contribution is -2.43. The monoisotopic (exact) mass is 213 g/mol. The molecule has 0 amide bonds. The van der Waals surface area contributed by atoms with E-state index in [1.165, 1.54) is 12.8 Å². The Bertz CT molecular complexity index is 218. The van der Waals surface area contributed by atoms with Gasteiger partial charge in [0.1, 0.15) is 0 Å². The third-order valence-corrected chi connectivity index (χ3v) is 2.89. The Morgan fingerprint density at radius 2 is 2.40 bits per heavy atom. The van der Waals surface area contributed by atoms with E-state index in [9.17, 15) is 0 Å². The fourth-order valence-corrected chi connectivity index (χ4v) is 1.79. The molecule has 0 aromatic heterocycles. The maximum atomic E-state index is 5.93. The van der Waals surface area contributed by atoms with Gasteiger partial charge in [-0.3, -0.25) is 4.99 Å². The summed E-state index contributed by atoms with van der Waals surface area (Å²) in [5.74, 6) is 1.40. The minimum absolute atomic E-state index is 0.144. The minimum Gasteiger partial charge on any atom is -0.380 e. The number of hydrogen-bond donors (Lipinski definition) is 1. The Hall–Kier alpha value is -0.770. The SMILES string of the molecule is CO[C@H](C)CN=C(N)N1CCC[C@H](C)C1. The third kappa shape index (κ3) is 4.08. The van der Waals surface area contributed by atoms with E-state index in [4.69, 9.17) is 10.5 Å². The van der Waals surface area contributed by atoms with Crippen molar-refractivity contribution in [1.82, 2.24) is 4.90 Å². The molecule has 88 valence electrons. The highest BCUT2D eigenvalue weighted by Gasteiger charge is 2.17. The molecule has 0 aliphatic carbocycles. The smallest absolute Gasteiger partial charge is 0.191 e. The van der Waals surface area contributed by atoms with Gasteiger partial charge in [-0.25, -0.2) is 0 Å². The average molecular weight is 213 g/mol. The molecule has 1 aliphatic heterocycles. The Kier molecular flexibility index (Phi) is 4.88. The van der Waals surface area contributed by atoms with Crippen LogP contribution in [-0.2, 0) is 4.74 Å². The van der Waals surface area contributed by atoms with Crippen LogP contribution in [0.1, 0.15) is 26.7 Å². The minimum atomic E-state index is 0.144. The Balaban J connectivity index is 2.40. The first-order valence-corrected chi connectivity index (χ1v) is 5.71. The van der Waals surface area contributed by atoms with Crippen molar-refractivity contribution in [2.75, 3.05) is 26.7 Å². The summed E-state index contributed by atoms with van der Waals surface area (Å²) in [6.45, 7) is 6.98. The van der Waals surface area contributed by atoms with Gasteiger partial charge in [0.25, 0.3) is 0 Å². The largest absolute Gasteiger partial charge is 0.380 e. The number of methoxy groups -OCH3 is 1.